The highest BCUT2D eigenvalue weighted by molar-refractivity contribution is 5.85. The predicted molar refractivity (Wildman–Crippen MR) is 110 cm³/mol. The molecule has 3 aromatic rings. The Morgan fingerprint density at radius 2 is 2.03 bits per heavy atom. The molecule has 0 aliphatic heterocycles. The molecule has 0 saturated carbocycles. The van der Waals surface area contributed by atoms with Gasteiger partial charge in [-0.05, 0) is 26.0 Å². The van der Waals surface area contributed by atoms with Crippen LogP contribution in [0.2, 0.25) is 0 Å². The number of carbonyl (C=O) groups is 1. The van der Waals surface area contributed by atoms with Crippen LogP contribution in [0.4, 0.5) is 13.2 Å². The van der Waals surface area contributed by atoms with E-state index < -0.39 is 53.5 Å². The SMILES string of the molecule is COc1cccc2[nH]c(=O)n(C(CC(C)(C)F)C(=O)NCc3ncc(F)cc3F)c(=O)c12. The molecular formula is C21H21F3N4O4. The van der Waals surface area contributed by atoms with Gasteiger partial charge < -0.3 is 15.0 Å². The van der Waals surface area contributed by atoms with Gasteiger partial charge in [-0.2, -0.15) is 0 Å². The number of carbonyl (C=O) groups excluding carboxylic acids is 1. The summed E-state index contributed by atoms with van der Waals surface area (Å²) >= 11 is 0. The Balaban J connectivity index is 2.06. The lowest BCUT2D eigenvalue weighted by molar-refractivity contribution is -0.125. The number of nitrogens with zero attached hydrogens (tertiary/aromatic N) is 2. The number of hydrogen-bond donors (Lipinski definition) is 2. The van der Waals surface area contributed by atoms with Crippen LogP contribution in [0.1, 0.15) is 32.0 Å². The minimum atomic E-state index is -1.94. The van der Waals surface area contributed by atoms with Gasteiger partial charge in [-0.25, -0.2) is 22.5 Å². The number of amides is 1. The van der Waals surface area contributed by atoms with Crippen molar-refractivity contribution < 1.29 is 22.7 Å². The second-order valence-electron chi connectivity index (χ2n) is 7.73. The Labute approximate surface area is 180 Å². The Morgan fingerprint density at radius 1 is 1.31 bits per heavy atom. The van der Waals surface area contributed by atoms with Crippen molar-refractivity contribution >= 4 is 16.8 Å². The smallest absolute Gasteiger partial charge is 0.329 e. The number of nitrogens with one attached hydrogen (secondary N) is 2. The van der Waals surface area contributed by atoms with E-state index in [0.717, 1.165) is 6.20 Å². The van der Waals surface area contributed by atoms with Crippen LogP contribution in [0, 0.1) is 11.6 Å². The van der Waals surface area contributed by atoms with E-state index in [1.54, 1.807) is 6.07 Å². The van der Waals surface area contributed by atoms with E-state index in [2.05, 4.69) is 15.3 Å². The highest BCUT2D eigenvalue weighted by Crippen LogP contribution is 2.25. The molecule has 32 heavy (non-hydrogen) atoms. The van der Waals surface area contributed by atoms with Crippen molar-refractivity contribution in [3.05, 3.63) is 68.6 Å². The molecule has 2 heterocycles. The number of rotatable bonds is 7. The van der Waals surface area contributed by atoms with Crippen LogP contribution in [0.5, 0.6) is 5.75 Å². The van der Waals surface area contributed by atoms with Crippen molar-refractivity contribution in [3.8, 4) is 5.75 Å². The van der Waals surface area contributed by atoms with E-state index in [1.807, 2.05) is 0 Å². The summed E-state index contributed by atoms with van der Waals surface area (Å²) in [6, 6.07) is 3.59. The third-order valence-corrected chi connectivity index (χ3v) is 4.75. The molecule has 0 aliphatic carbocycles. The van der Waals surface area contributed by atoms with Crippen LogP contribution in [0.15, 0.2) is 40.1 Å². The summed E-state index contributed by atoms with van der Waals surface area (Å²) in [7, 11) is 1.34. The number of aromatic amines is 1. The van der Waals surface area contributed by atoms with Crippen LogP contribution in [-0.2, 0) is 11.3 Å². The largest absolute Gasteiger partial charge is 0.496 e. The molecule has 0 bridgehead atoms. The van der Waals surface area contributed by atoms with E-state index in [0.29, 0.717) is 10.6 Å². The van der Waals surface area contributed by atoms with Crippen molar-refractivity contribution in [2.45, 2.75) is 38.5 Å². The second kappa shape index (κ2) is 8.85. The Bertz CT molecular complexity index is 1280. The van der Waals surface area contributed by atoms with Crippen molar-refractivity contribution in [3.63, 3.8) is 0 Å². The number of benzene rings is 1. The third-order valence-electron chi connectivity index (χ3n) is 4.75. The molecule has 1 amide bonds. The van der Waals surface area contributed by atoms with E-state index in [1.165, 1.54) is 33.1 Å². The lowest BCUT2D eigenvalue weighted by Gasteiger charge is -2.24. The fourth-order valence-corrected chi connectivity index (χ4v) is 3.32. The summed E-state index contributed by atoms with van der Waals surface area (Å²) in [5, 5.41) is 2.35. The quantitative estimate of drug-likeness (QED) is 0.575. The van der Waals surface area contributed by atoms with E-state index in [9.17, 15) is 27.6 Å². The van der Waals surface area contributed by atoms with Gasteiger partial charge >= 0.3 is 5.69 Å². The maximum absolute atomic E-state index is 14.5. The van der Waals surface area contributed by atoms with Gasteiger partial charge in [0.1, 0.15) is 34.5 Å². The highest BCUT2D eigenvalue weighted by Gasteiger charge is 2.32. The summed E-state index contributed by atoms with van der Waals surface area (Å²) in [6.45, 7) is 1.92. The van der Waals surface area contributed by atoms with Crippen LogP contribution in [0.25, 0.3) is 10.9 Å². The fourth-order valence-electron chi connectivity index (χ4n) is 3.32. The third kappa shape index (κ3) is 4.82. The maximum Gasteiger partial charge on any atom is 0.329 e. The molecule has 3 rings (SSSR count). The molecule has 1 aromatic carbocycles. The fraction of sp³-hybridized carbons (Fsp3) is 0.333. The number of halogens is 3. The van der Waals surface area contributed by atoms with Gasteiger partial charge in [0.15, 0.2) is 0 Å². The highest BCUT2D eigenvalue weighted by atomic mass is 19.1. The molecule has 1 unspecified atom stereocenters. The first kappa shape index (κ1) is 23.0. The van der Waals surface area contributed by atoms with Crippen LogP contribution in [-0.4, -0.2) is 33.2 Å². The first-order valence-corrected chi connectivity index (χ1v) is 9.60. The normalized spacial score (nSPS) is 12.6. The molecule has 0 fully saturated rings. The summed E-state index contributed by atoms with van der Waals surface area (Å²) in [5.41, 5.74) is -3.79. The lowest BCUT2D eigenvalue weighted by atomic mass is 9.99. The molecule has 2 N–H and O–H groups in total. The lowest BCUT2D eigenvalue weighted by Crippen LogP contribution is -2.46. The Hall–Kier alpha value is -3.63. The molecule has 8 nitrogen and oxygen atoms in total. The molecule has 0 aliphatic rings. The number of methoxy groups -OCH3 is 1. The van der Waals surface area contributed by atoms with E-state index >= 15 is 0 Å². The predicted octanol–water partition coefficient (Wildman–Crippen LogP) is 2.37. The first-order chi connectivity index (χ1) is 15.0. The van der Waals surface area contributed by atoms with Gasteiger partial charge in [-0.15, -0.1) is 0 Å². The molecule has 0 radical (unpaired) electrons. The molecule has 170 valence electrons. The van der Waals surface area contributed by atoms with Crippen molar-refractivity contribution in [1.29, 1.82) is 0 Å². The number of pyridine rings is 1. The molecule has 1 atom stereocenters. The Morgan fingerprint density at radius 3 is 2.66 bits per heavy atom. The molecule has 0 saturated heterocycles. The standard InChI is InChI=1S/C21H21F3N4O4/c1-21(2,24)8-15(18(29)26-10-14-12(23)7-11(22)9-25-14)28-19(30)17-13(27-20(28)31)5-4-6-16(17)32-3/h4-7,9,15H,8,10H2,1-3H3,(H,26,29)(H,27,31). The van der Waals surface area contributed by atoms with Gasteiger partial charge in [0.2, 0.25) is 5.91 Å². The van der Waals surface area contributed by atoms with Crippen LogP contribution >= 0.6 is 0 Å². The van der Waals surface area contributed by atoms with Crippen molar-refractivity contribution in [2.24, 2.45) is 0 Å². The van der Waals surface area contributed by atoms with Gasteiger partial charge in [0, 0.05) is 12.5 Å². The van der Waals surface area contributed by atoms with E-state index in [-0.39, 0.29) is 22.3 Å². The van der Waals surface area contributed by atoms with Crippen molar-refractivity contribution in [2.75, 3.05) is 7.11 Å². The molecule has 11 heteroatoms. The van der Waals surface area contributed by atoms with Gasteiger partial charge in [-0.1, -0.05) is 6.07 Å². The number of alkyl halides is 1. The average Bonchev–Trinajstić information content (AvgIpc) is 2.70. The van der Waals surface area contributed by atoms with Crippen LogP contribution in [0.3, 0.4) is 0 Å². The number of H-pyrrole nitrogens is 1. The van der Waals surface area contributed by atoms with Gasteiger partial charge in [0.05, 0.1) is 31.1 Å². The van der Waals surface area contributed by atoms with Gasteiger partial charge in [0.25, 0.3) is 5.56 Å². The van der Waals surface area contributed by atoms with Gasteiger partial charge in [-0.3, -0.25) is 14.6 Å². The minimum absolute atomic E-state index is 0.00955. The zero-order valence-corrected chi connectivity index (χ0v) is 17.5. The zero-order chi connectivity index (χ0) is 23.6. The number of fused-ring (bicyclic) bond motifs is 1. The number of ether oxygens (including phenoxy) is 1. The average molecular weight is 450 g/mol. The second-order valence-corrected chi connectivity index (χ2v) is 7.73. The molecule has 2 aromatic heterocycles. The molecule has 0 spiro atoms. The number of aromatic nitrogens is 3. The van der Waals surface area contributed by atoms with E-state index in [4.69, 9.17) is 4.74 Å². The maximum atomic E-state index is 14.5. The van der Waals surface area contributed by atoms with Crippen LogP contribution < -0.4 is 21.3 Å². The monoisotopic (exact) mass is 450 g/mol. The summed E-state index contributed by atoms with van der Waals surface area (Å²) in [6.07, 6.45) is 0.249. The van der Waals surface area contributed by atoms with Crippen molar-refractivity contribution in [1.82, 2.24) is 19.9 Å². The minimum Gasteiger partial charge on any atom is -0.496 e. The topological polar surface area (TPSA) is 106 Å². The first-order valence-electron chi connectivity index (χ1n) is 9.60. The summed E-state index contributed by atoms with van der Waals surface area (Å²) in [4.78, 5) is 44.9. The Kier molecular flexibility index (Phi) is 6.37. The summed E-state index contributed by atoms with van der Waals surface area (Å²) in [5.74, 6) is -2.63. The zero-order valence-electron chi connectivity index (χ0n) is 17.5. The summed E-state index contributed by atoms with van der Waals surface area (Å²) < 4.78 is 47.2. The molecular weight excluding hydrogens is 429 g/mol. The number of hydrogen-bond acceptors (Lipinski definition) is 5.